The van der Waals surface area contributed by atoms with Crippen LogP contribution in [-0.4, -0.2) is 52.7 Å². The number of carbonyl (C=O) groups is 2. The quantitative estimate of drug-likeness (QED) is 0.437. The molecule has 2 aromatic rings. The molecule has 0 spiro atoms. The van der Waals surface area contributed by atoms with Gasteiger partial charge in [-0.05, 0) is 18.2 Å². The highest BCUT2D eigenvalue weighted by molar-refractivity contribution is 7.99. The molecule has 0 saturated heterocycles. The van der Waals surface area contributed by atoms with Crippen molar-refractivity contribution in [2.45, 2.75) is 11.7 Å². The Hall–Kier alpha value is -2.32. The van der Waals surface area contributed by atoms with E-state index in [2.05, 4.69) is 16.9 Å². The third kappa shape index (κ3) is 4.64. The Labute approximate surface area is 160 Å². The highest BCUT2D eigenvalue weighted by Crippen LogP contribution is 2.20. The summed E-state index contributed by atoms with van der Waals surface area (Å²) >= 11 is 7.11. The van der Waals surface area contributed by atoms with Gasteiger partial charge in [0, 0.05) is 25.7 Å². The number of nitrogens with one attached hydrogen (secondary N) is 1. The number of carbonyl (C=O) groups excluding carboxylic acids is 2. The molecule has 2 amide bonds. The normalized spacial score (nSPS) is 10.6. The van der Waals surface area contributed by atoms with Gasteiger partial charge in [0.15, 0.2) is 5.16 Å². The monoisotopic (exact) mass is 394 g/mol. The van der Waals surface area contributed by atoms with Crippen LogP contribution in [0.3, 0.4) is 0 Å². The zero-order valence-corrected chi connectivity index (χ0v) is 16.1. The minimum absolute atomic E-state index is 0.0288. The Morgan fingerprint density at radius 3 is 2.85 bits per heavy atom. The van der Waals surface area contributed by atoms with Crippen LogP contribution < -0.4 is 10.9 Å². The minimum atomic E-state index is -0.255. The third-order valence-electron chi connectivity index (χ3n) is 3.60. The van der Waals surface area contributed by atoms with Crippen molar-refractivity contribution in [2.24, 2.45) is 0 Å². The lowest BCUT2D eigenvalue weighted by Gasteiger charge is -2.16. The molecule has 0 saturated carbocycles. The zero-order chi connectivity index (χ0) is 19.3. The maximum atomic E-state index is 12.7. The smallest absolute Gasteiger partial charge is 0.262 e. The van der Waals surface area contributed by atoms with Crippen LogP contribution in [0.2, 0.25) is 5.02 Å². The van der Waals surface area contributed by atoms with E-state index in [1.807, 2.05) is 0 Å². The highest BCUT2D eigenvalue weighted by Gasteiger charge is 2.16. The second-order valence-corrected chi connectivity index (χ2v) is 6.85. The van der Waals surface area contributed by atoms with Crippen LogP contribution in [0.25, 0.3) is 10.9 Å². The molecule has 1 aromatic heterocycles. The van der Waals surface area contributed by atoms with Crippen LogP contribution in [0.4, 0.5) is 0 Å². The van der Waals surface area contributed by atoms with Gasteiger partial charge in [-0.2, -0.15) is 0 Å². The summed E-state index contributed by atoms with van der Waals surface area (Å²) in [5.41, 5.74) is 0.263. The lowest BCUT2D eigenvalue weighted by atomic mass is 10.2. The molecule has 0 fully saturated rings. The van der Waals surface area contributed by atoms with Crippen molar-refractivity contribution in [1.82, 2.24) is 19.8 Å². The number of halogens is 1. The Morgan fingerprint density at radius 2 is 2.19 bits per heavy atom. The van der Waals surface area contributed by atoms with Crippen molar-refractivity contribution < 1.29 is 9.59 Å². The van der Waals surface area contributed by atoms with Crippen molar-refractivity contribution in [3.8, 4) is 0 Å². The first-order valence-electron chi connectivity index (χ1n) is 7.75. The number of hydrogen-bond acceptors (Lipinski definition) is 5. The van der Waals surface area contributed by atoms with Gasteiger partial charge in [-0.3, -0.25) is 19.0 Å². The standard InChI is InChI=1S/C17H19ClN4O3S/c1-4-7-22-16(25)12-8-11(18)5-6-13(12)20-17(22)26-10-15(24)21(3)9-14(23)19-2/h4-6,8H,1,7,9-10H2,2-3H3,(H,19,23). The number of aromatic nitrogens is 2. The molecule has 9 heteroatoms. The summed E-state index contributed by atoms with van der Waals surface area (Å²) in [6.45, 7) is 3.89. The van der Waals surface area contributed by atoms with E-state index < -0.39 is 0 Å². The highest BCUT2D eigenvalue weighted by atomic mass is 35.5. The van der Waals surface area contributed by atoms with E-state index in [1.165, 1.54) is 16.5 Å². The summed E-state index contributed by atoms with van der Waals surface area (Å²) in [7, 11) is 3.05. The van der Waals surface area contributed by atoms with Gasteiger partial charge in [0.1, 0.15) is 0 Å². The number of hydrogen-bond donors (Lipinski definition) is 1. The van der Waals surface area contributed by atoms with E-state index in [1.54, 1.807) is 31.3 Å². The number of thioether (sulfide) groups is 1. The number of amides is 2. The first kappa shape index (κ1) is 20.0. The van der Waals surface area contributed by atoms with Gasteiger partial charge in [-0.25, -0.2) is 4.98 Å². The maximum Gasteiger partial charge on any atom is 0.262 e. The molecule has 0 aliphatic carbocycles. The molecule has 7 nitrogen and oxygen atoms in total. The molecule has 0 atom stereocenters. The van der Waals surface area contributed by atoms with Crippen molar-refractivity contribution >= 4 is 46.1 Å². The molecule has 0 radical (unpaired) electrons. The van der Waals surface area contributed by atoms with E-state index in [-0.39, 0.29) is 36.2 Å². The lowest BCUT2D eigenvalue weighted by Crippen LogP contribution is -2.37. The molecule has 2 rings (SSSR count). The number of allylic oxidation sites excluding steroid dienone is 1. The van der Waals surface area contributed by atoms with E-state index >= 15 is 0 Å². The van der Waals surface area contributed by atoms with E-state index in [0.29, 0.717) is 21.1 Å². The molecular formula is C17H19ClN4O3S. The van der Waals surface area contributed by atoms with Gasteiger partial charge in [-0.15, -0.1) is 6.58 Å². The summed E-state index contributed by atoms with van der Waals surface area (Å²) in [5.74, 6) is -0.444. The second-order valence-electron chi connectivity index (χ2n) is 5.47. The van der Waals surface area contributed by atoms with Crippen LogP contribution in [0, 0.1) is 0 Å². The minimum Gasteiger partial charge on any atom is -0.358 e. The van der Waals surface area contributed by atoms with Crippen molar-refractivity contribution in [2.75, 3.05) is 26.4 Å². The number of fused-ring (bicyclic) bond motifs is 1. The summed E-state index contributed by atoms with van der Waals surface area (Å²) < 4.78 is 1.45. The molecule has 1 aromatic carbocycles. The Morgan fingerprint density at radius 1 is 1.46 bits per heavy atom. The van der Waals surface area contributed by atoms with Crippen LogP contribution in [0.15, 0.2) is 40.8 Å². The molecule has 0 unspecified atom stereocenters. The van der Waals surface area contributed by atoms with E-state index in [9.17, 15) is 14.4 Å². The second kappa shape index (κ2) is 8.86. The molecule has 26 heavy (non-hydrogen) atoms. The van der Waals surface area contributed by atoms with Crippen LogP contribution >= 0.6 is 23.4 Å². The fourth-order valence-corrected chi connectivity index (χ4v) is 3.31. The molecule has 0 aliphatic rings. The fraction of sp³-hybridized carbons (Fsp3) is 0.294. The van der Waals surface area contributed by atoms with Crippen molar-refractivity contribution in [1.29, 1.82) is 0 Å². The average molecular weight is 395 g/mol. The Bertz CT molecular complexity index is 913. The number of likely N-dealkylation sites (N-methyl/N-ethyl adjacent to an activating group) is 2. The predicted molar refractivity (Wildman–Crippen MR) is 104 cm³/mol. The van der Waals surface area contributed by atoms with Gasteiger partial charge < -0.3 is 10.2 Å². The topological polar surface area (TPSA) is 84.3 Å². The Kier molecular flexibility index (Phi) is 6.82. The lowest BCUT2D eigenvalue weighted by molar-refractivity contribution is -0.132. The van der Waals surface area contributed by atoms with Gasteiger partial charge in [0.05, 0.1) is 23.2 Å². The maximum absolute atomic E-state index is 12.7. The first-order chi connectivity index (χ1) is 12.4. The van der Waals surface area contributed by atoms with Gasteiger partial charge >= 0.3 is 0 Å². The number of rotatable bonds is 7. The molecule has 1 heterocycles. The molecule has 1 N–H and O–H groups in total. The largest absolute Gasteiger partial charge is 0.358 e. The summed E-state index contributed by atoms with van der Waals surface area (Å²) in [5, 5.41) is 3.73. The van der Waals surface area contributed by atoms with Gasteiger partial charge in [0.2, 0.25) is 11.8 Å². The molecule has 138 valence electrons. The van der Waals surface area contributed by atoms with Crippen LogP contribution in [-0.2, 0) is 16.1 Å². The predicted octanol–water partition coefficient (Wildman–Crippen LogP) is 1.53. The zero-order valence-electron chi connectivity index (χ0n) is 14.5. The molecular weight excluding hydrogens is 376 g/mol. The van der Waals surface area contributed by atoms with E-state index in [4.69, 9.17) is 11.6 Å². The summed E-state index contributed by atoms with van der Waals surface area (Å²) in [6, 6.07) is 4.90. The number of benzene rings is 1. The fourth-order valence-electron chi connectivity index (χ4n) is 2.19. The summed E-state index contributed by atoms with van der Waals surface area (Å²) in [6.07, 6.45) is 1.59. The van der Waals surface area contributed by atoms with Gasteiger partial charge in [0.25, 0.3) is 5.56 Å². The SMILES string of the molecule is C=CCn1c(SCC(=O)N(C)CC(=O)NC)nc2ccc(Cl)cc2c1=O. The van der Waals surface area contributed by atoms with Crippen molar-refractivity contribution in [3.63, 3.8) is 0 Å². The van der Waals surface area contributed by atoms with Gasteiger partial charge in [-0.1, -0.05) is 29.4 Å². The molecule has 0 aliphatic heterocycles. The number of nitrogens with zero attached hydrogens (tertiary/aromatic N) is 3. The first-order valence-corrected chi connectivity index (χ1v) is 9.12. The van der Waals surface area contributed by atoms with E-state index in [0.717, 1.165) is 11.8 Å². The van der Waals surface area contributed by atoms with Crippen LogP contribution in [0.1, 0.15) is 0 Å². The van der Waals surface area contributed by atoms with Crippen LogP contribution in [0.5, 0.6) is 0 Å². The summed E-state index contributed by atoms with van der Waals surface area (Å²) in [4.78, 5) is 42.1. The third-order valence-corrected chi connectivity index (χ3v) is 4.80. The Balaban J connectivity index is 2.28. The average Bonchev–Trinajstić information content (AvgIpc) is 2.62. The molecule has 0 bridgehead atoms. The van der Waals surface area contributed by atoms with Crippen molar-refractivity contribution in [3.05, 3.63) is 46.2 Å².